The number of ketones is 2. The molecule has 0 spiro atoms. The molecule has 0 fully saturated rings. The first-order valence-electron chi connectivity index (χ1n) is 29.7. The fourth-order valence-corrected chi connectivity index (χ4v) is 9.18. The topological polar surface area (TPSA) is 693 Å². The quantitative estimate of drug-likeness (QED) is 0.0234. The SMILES string of the molecule is Nc1nc2ncc(CNc3ccc(C(=O)N[C@@H](CCC(=O)C[C@@H](CCC(=O)NC[C@H](O)[C@@H](O)[C@H](O)[C@H](O)CO)C(=O)N[C@@H](CCC(=O)NC[C@H](O)[C@@H](O)[C@H](O)C(=O)O)C(=O)C[C@@H](CCC(=O)NC[C@H](O)[C@@H](O)[C@H](O)[C@H](O)CO)C(=O)N[C@@H](CS)C(=O)O)C(=O)O)cc3)nc2c(=O)[nH]1. The van der Waals surface area contributed by atoms with Gasteiger partial charge in [0.15, 0.2) is 23.1 Å². The molecule has 6 amide bonds. The smallest absolute Gasteiger partial charge is 0.335 e. The molecule has 40 nitrogen and oxygen atoms in total. The van der Waals surface area contributed by atoms with Gasteiger partial charge in [0, 0.05) is 87.0 Å². The number of hydrogen-bond acceptors (Lipinski definition) is 31. The van der Waals surface area contributed by atoms with Gasteiger partial charge in [-0.25, -0.2) is 24.4 Å². The number of carboxylic acid groups (broad SMARTS) is 3. The van der Waals surface area contributed by atoms with Crippen LogP contribution in [0.15, 0.2) is 35.3 Å². The number of fused-ring (bicyclic) bond motifs is 1. The molecular weight excluding hydrogens is 1320 g/mol. The number of benzene rings is 1. The van der Waals surface area contributed by atoms with Crippen LogP contribution in [0.25, 0.3) is 11.2 Å². The molecule has 540 valence electrons. The summed E-state index contributed by atoms with van der Waals surface area (Å²) >= 11 is 3.91. The number of Topliss-reactive ketones (excluding diaryl/α,β-unsaturated/α-hetero) is 2. The molecule has 26 N–H and O–H groups in total. The predicted octanol–water partition coefficient (Wildman–Crippen LogP) is -10.3. The molecule has 0 radical (unpaired) electrons. The number of carbonyl (C=O) groups is 11. The molecule has 2 heterocycles. The fourth-order valence-electron chi connectivity index (χ4n) is 8.94. The minimum Gasteiger partial charge on any atom is -0.480 e. The number of hydrogen-bond donors (Lipinski definition) is 26. The summed E-state index contributed by atoms with van der Waals surface area (Å²) in [5, 5.41) is 174. The summed E-state index contributed by atoms with van der Waals surface area (Å²) in [5.41, 5.74) is 5.53. The van der Waals surface area contributed by atoms with Crippen molar-refractivity contribution in [1.82, 2.24) is 51.8 Å². The van der Waals surface area contributed by atoms with Gasteiger partial charge in [0.1, 0.15) is 66.7 Å². The van der Waals surface area contributed by atoms with Crippen molar-refractivity contribution in [1.29, 1.82) is 0 Å². The second kappa shape index (κ2) is 40.9. The molecule has 2 aromatic heterocycles. The normalized spacial score (nSPS) is 16.4. The summed E-state index contributed by atoms with van der Waals surface area (Å²) in [7, 11) is 0. The van der Waals surface area contributed by atoms with Crippen LogP contribution in [0, 0.1) is 11.8 Å². The lowest BCUT2D eigenvalue weighted by Crippen LogP contribution is -2.50. The molecule has 3 aromatic rings. The van der Waals surface area contributed by atoms with Gasteiger partial charge in [-0.1, -0.05) is 0 Å². The Morgan fingerprint density at radius 1 is 0.536 bits per heavy atom. The minimum absolute atomic E-state index is 0.00558. The first kappa shape index (κ1) is 82.7. The summed E-state index contributed by atoms with van der Waals surface area (Å²) in [4.78, 5) is 172. The van der Waals surface area contributed by atoms with Crippen LogP contribution in [0.5, 0.6) is 0 Å². The second-order valence-electron chi connectivity index (χ2n) is 22.2. The Morgan fingerprint density at radius 3 is 1.46 bits per heavy atom. The van der Waals surface area contributed by atoms with Gasteiger partial charge in [0.05, 0.1) is 49.9 Å². The highest BCUT2D eigenvalue weighted by atomic mass is 32.1. The van der Waals surface area contributed by atoms with Gasteiger partial charge in [-0.05, 0) is 49.9 Å². The van der Waals surface area contributed by atoms with Crippen molar-refractivity contribution < 1.29 is 134 Å². The van der Waals surface area contributed by atoms with Crippen LogP contribution >= 0.6 is 12.6 Å². The van der Waals surface area contributed by atoms with Gasteiger partial charge in [-0.3, -0.25) is 48.1 Å². The molecule has 0 unspecified atom stereocenters. The monoisotopic (exact) mass is 1400 g/mol. The van der Waals surface area contributed by atoms with Crippen molar-refractivity contribution in [2.24, 2.45) is 11.8 Å². The van der Waals surface area contributed by atoms with Crippen LogP contribution in [0.3, 0.4) is 0 Å². The highest BCUT2D eigenvalue weighted by Crippen LogP contribution is 2.21. The number of anilines is 2. The van der Waals surface area contributed by atoms with E-state index in [1.165, 1.54) is 30.5 Å². The molecule has 0 bridgehead atoms. The largest absolute Gasteiger partial charge is 0.480 e. The number of aliphatic hydroxyl groups excluding tert-OH is 13. The first-order valence-corrected chi connectivity index (χ1v) is 30.4. The Hall–Kier alpha value is -8.56. The van der Waals surface area contributed by atoms with E-state index in [-0.39, 0.29) is 29.2 Å². The maximum Gasteiger partial charge on any atom is 0.335 e. The van der Waals surface area contributed by atoms with E-state index in [0.29, 0.717) is 11.4 Å². The van der Waals surface area contributed by atoms with Gasteiger partial charge in [0.2, 0.25) is 35.5 Å². The Kier molecular flexibility index (Phi) is 34.8. The summed E-state index contributed by atoms with van der Waals surface area (Å²) in [6.07, 6.45) is -29.5. The van der Waals surface area contributed by atoms with Crippen molar-refractivity contribution in [2.45, 2.75) is 156 Å². The third-order valence-electron chi connectivity index (χ3n) is 14.8. The zero-order valence-corrected chi connectivity index (χ0v) is 52.5. The number of aromatic amines is 1. The lowest BCUT2D eigenvalue weighted by molar-refractivity contribution is -0.158. The number of carbonyl (C=O) groups excluding carboxylic acids is 8. The van der Waals surface area contributed by atoms with Crippen molar-refractivity contribution in [2.75, 3.05) is 49.7 Å². The number of nitrogens with one attached hydrogen (secondary N) is 8. The minimum atomic E-state index is -2.53. The Morgan fingerprint density at radius 2 is 0.990 bits per heavy atom. The van der Waals surface area contributed by atoms with E-state index >= 15 is 0 Å². The number of nitrogen functional groups attached to an aromatic ring is 1. The number of aromatic nitrogens is 4. The van der Waals surface area contributed by atoms with Crippen LogP contribution in [-0.2, 0) is 54.5 Å². The number of nitrogens with zero attached hydrogens (tertiary/aromatic N) is 3. The number of rotatable bonds is 46. The van der Waals surface area contributed by atoms with Crippen LogP contribution in [0.1, 0.15) is 80.3 Å². The Balaban J connectivity index is 1.95. The number of nitrogens with two attached hydrogens (primary N) is 1. The van der Waals surface area contributed by atoms with Crippen LogP contribution in [0.2, 0.25) is 0 Å². The van der Waals surface area contributed by atoms with Crippen molar-refractivity contribution in [3.8, 4) is 0 Å². The van der Waals surface area contributed by atoms with E-state index in [0.717, 1.165) is 0 Å². The standard InChI is InChI=1S/C56H82N12O28S/c57-56-67-48-41(52(90)68-56)63-27(16-62-48)15-58-26-5-1-23(2-6-26)49(87)65-30(53(91)92)8-7-28(71)13-24(3-10-38(78)59-17-33(73)42(81)45(84)36(76)20-69)50(88)64-29(9-12-40(80)61-19-35(75)44(83)47(86)55(95)96)32(72)14-25(51(89)66-31(22-97)54(93)94)4-11-39(79)60-18-34(74)43(82)46(85)37(77)21-70/h1-2,5-6,16,24-25,29-31,33-37,42-47,58,69-70,73-77,81-86,97H,3-4,7-15,17-22H2,(H,59,78)(H,60,79)(H,61,80)(H,64,88)(H,65,87)(H,66,89)(H,91,92)(H,93,94)(H,95,96)(H3,57,62,67,68,90)/t24-,25-,29+,30+,31+,33+,34+,35+,36-,37-,42-,43-,44-,45-,46-,47+/m1/s1. The average Bonchev–Trinajstić information content (AvgIpc) is 0.844. The third kappa shape index (κ3) is 27.5. The Bertz CT molecular complexity index is 3230. The summed E-state index contributed by atoms with van der Waals surface area (Å²) < 4.78 is 0. The van der Waals surface area contributed by atoms with E-state index in [1.807, 2.05) is 0 Å². The molecule has 0 saturated heterocycles. The molecule has 0 aliphatic carbocycles. The predicted molar refractivity (Wildman–Crippen MR) is 330 cm³/mol. The molecule has 3 rings (SSSR count). The lowest BCUT2D eigenvalue weighted by atomic mass is 9.90. The third-order valence-corrected chi connectivity index (χ3v) is 15.2. The number of H-pyrrole nitrogens is 1. The Labute approximate surface area is 554 Å². The maximum atomic E-state index is 14.5. The fraction of sp³-hybridized carbons (Fsp3) is 0.589. The van der Waals surface area contributed by atoms with Gasteiger partial charge < -0.3 is 125 Å². The van der Waals surface area contributed by atoms with E-state index in [1.54, 1.807) is 0 Å². The molecule has 0 saturated carbocycles. The number of carboxylic acids is 3. The number of aliphatic hydroxyl groups is 13. The van der Waals surface area contributed by atoms with Gasteiger partial charge in [0.25, 0.3) is 11.5 Å². The number of aliphatic carboxylic acids is 3. The van der Waals surface area contributed by atoms with Gasteiger partial charge in [-0.2, -0.15) is 17.6 Å². The van der Waals surface area contributed by atoms with Gasteiger partial charge >= 0.3 is 17.9 Å². The van der Waals surface area contributed by atoms with Crippen molar-refractivity contribution >= 4 is 100 Å². The average molecular weight is 1400 g/mol. The number of thiol groups is 1. The van der Waals surface area contributed by atoms with Gasteiger partial charge in [-0.15, -0.1) is 0 Å². The molecule has 41 heteroatoms. The van der Waals surface area contributed by atoms with E-state index in [2.05, 4.69) is 69.8 Å². The zero-order chi connectivity index (χ0) is 73.0. The summed E-state index contributed by atoms with van der Waals surface area (Å²) in [5.74, 6) is -17.9. The van der Waals surface area contributed by atoms with Crippen LogP contribution < -0.4 is 48.5 Å². The van der Waals surface area contributed by atoms with E-state index < -0.39 is 270 Å². The lowest BCUT2D eigenvalue weighted by Gasteiger charge is -2.26. The molecule has 1 aromatic carbocycles. The van der Waals surface area contributed by atoms with Crippen LogP contribution in [-0.4, -0.2) is 290 Å². The zero-order valence-electron chi connectivity index (χ0n) is 51.6. The number of amides is 6. The summed E-state index contributed by atoms with van der Waals surface area (Å²) in [6.45, 7) is -4.60. The highest BCUT2D eigenvalue weighted by molar-refractivity contribution is 7.80. The molecular formula is C56H82N12O28S. The van der Waals surface area contributed by atoms with E-state index in [4.69, 9.17) is 21.1 Å². The second-order valence-corrected chi connectivity index (χ2v) is 22.6. The molecule has 0 aliphatic rings. The molecule has 16 atom stereocenters. The maximum absolute atomic E-state index is 14.5. The molecule has 97 heavy (non-hydrogen) atoms. The first-order chi connectivity index (χ1) is 45.6. The highest BCUT2D eigenvalue weighted by Gasteiger charge is 2.36. The summed E-state index contributed by atoms with van der Waals surface area (Å²) in [6, 6.07) is 0.0832. The van der Waals surface area contributed by atoms with Crippen molar-refractivity contribution in [3.63, 3.8) is 0 Å². The van der Waals surface area contributed by atoms with E-state index in [9.17, 15) is 124 Å². The van der Waals surface area contributed by atoms with Crippen LogP contribution in [0.4, 0.5) is 11.6 Å². The molecule has 0 aliphatic heterocycles. The van der Waals surface area contributed by atoms with Crippen molar-refractivity contribution in [3.05, 3.63) is 52.1 Å².